The van der Waals surface area contributed by atoms with E-state index < -0.39 is 0 Å². The van der Waals surface area contributed by atoms with Crippen LogP contribution in [0.2, 0.25) is 0 Å². The zero-order chi connectivity index (χ0) is 14.1. The number of carbonyl (C=O) groups is 2. The highest BCUT2D eigenvalue weighted by atomic mass is 16.6. The lowest BCUT2D eigenvalue weighted by Gasteiger charge is -2.07. The minimum atomic E-state index is -0.385. The standard InChI is InChI=1S/C15H20O4/c1-3-4-5-9-18-15(17)11-19-14-8-6-7-13(10-14)12(2)16/h6-8,10H,3-5,9,11H2,1-2H3. The van der Waals surface area contributed by atoms with Crippen LogP contribution in [0.3, 0.4) is 0 Å². The Kier molecular flexibility index (Phi) is 6.64. The van der Waals surface area contributed by atoms with Gasteiger partial charge in [-0.2, -0.15) is 0 Å². The molecule has 1 aromatic carbocycles. The van der Waals surface area contributed by atoms with Gasteiger partial charge in [0.05, 0.1) is 6.61 Å². The first-order valence-electron chi connectivity index (χ1n) is 6.53. The molecule has 0 spiro atoms. The van der Waals surface area contributed by atoms with Crippen LogP contribution in [0.4, 0.5) is 0 Å². The lowest BCUT2D eigenvalue weighted by atomic mass is 10.1. The van der Waals surface area contributed by atoms with Crippen molar-refractivity contribution in [3.8, 4) is 5.75 Å². The van der Waals surface area contributed by atoms with Gasteiger partial charge in [0.25, 0.3) is 0 Å². The molecule has 4 nitrogen and oxygen atoms in total. The number of Topliss-reactive ketones (excluding diaryl/α,β-unsaturated/α-hetero) is 1. The second kappa shape index (κ2) is 8.29. The third-order valence-corrected chi connectivity index (χ3v) is 2.61. The Hall–Kier alpha value is -1.84. The van der Waals surface area contributed by atoms with Crippen LogP contribution >= 0.6 is 0 Å². The van der Waals surface area contributed by atoms with Gasteiger partial charge >= 0.3 is 5.97 Å². The maximum absolute atomic E-state index is 11.4. The van der Waals surface area contributed by atoms with E-state index in [9.17, 15) is 9.59 Å². The van der Waals surface area contributed by atoms with Crippen LogP contribution in [0.1, 0.15) is 43.5 Å². The molecule has 4 heteroatoms. The van der Waals surface area contributed by atoms with E-state index in [0.29, 0.717) is 17.9 Å². The van der Waals surface area contributed by atoms with Gasteiger partial charge in [-0.25, -0.2) is 4.79 Å². The van der Waals surface area contributed by atoms with Crippen LogP contribution < -0.4 is 4.74 Å². The van der Waals surface area contributed by atoms with Crippen molar-refractivity contribution in [3.05, 3.63) is 29.8 Å². The number of ketones is 1. The smallest absolute Gasteiger partial charge is 0.344 e. The molecule has 104 valence electrons. The maximum atomic E-state index is 11.4. The van der Waals surface area contributed by atoms with Gasteiger partial charge in [0.15, 0.2) is 12.4 Å². The molecule has 0 saturated carbocycles. The first kappa shape index (κ1) is 15.2. The summed E-state index contributed by atoms with van der Waals surface area (Å²) in [5.41, 5.74) is 0.564. The van der Waals surface area contributed by atoms with Gasteiger partial charge in [-0.15, -0.1) is 0 Å². The summed E-state index contributed by atoms with van der Waals surface area (Å²) in [5, 5.41) is 0. The van der Waals surface area contributed by atoms with Gasteiger partial charge in [0.2, 0.25) is 0 Å². The summed E-state index contributed by atoms with van der Waals surface area (Å²) in [4.78, 5) is 22.6. The van der Waals surface area contributed by atoms with Crippen molar-refractivity contribution in [2.24, 2.45) is 0 Å². The molecule has 0 aliphatic carbocycles. The lowest BCUT2D eigenvalue weighted by molar-refractivity contribution is -0.146. The predicted octanol–water partition coefficient (Wildman–Crippen LogP) is 3.00. The van der Waals surface area contributed by atoms with Crippen molar-refractivity contribution >= 4 is 11.8 Å². The van der Waals surface area contributed by atoms with E-state index in [0.717, 1.165) is 19.3 Å². The highest BCUT2D eigenvalue weighted by Gasteiger charge is 2.05. The second-order valence-electron chi connectivity index (χ2n) is 4.30. The number of ether oxygens (including phenoxy) is 2. The molecule has 0 N–H and O–H groups in total. The Labute approximate surface area is 113 Å². The van der Waals surface area contributed by atoms with E-state index in [1.54, 1.807) is 24.3 Å². The highest BCUT2D eigenvalue weighted by molar-refractivity contribution is 5.94. The molecular formula is C15H20O4. The van der Waals surface area contributed by atoms with Crippen molar-refractivity contribution in [2.45, 2.75) is 33.1 Å². The normalized spacial score (nSPS) is 10.0. The van der Waals surface area contributed by atoms with Crippen LogP contribution in [0.5, 0.6) is 5.75 Å². The number of unbranched alkanes of at least 4 members (excludes halogenated alkanes) is 2. The second-order valence-corrected chi connectivity index (χ2v) is 4.30. The SMILES string of the molecule is CCCCCOC(=O)COc1cccc(C(C)=O)c1. The average molecular weight is 264 g/mol. The van der Waals surface area contributed by atoms with Crippen LogP contribution in [-0.4, -0.2) is 25.0 Å². The molecule has 0 aliphatic rings. The minimum absolute atomic E-state index is 0.0346. The zero-order valence-corrected chi connectivity index (χ0v) is 11.5. The number of esters is 1. The molecule has 19 heavy (non-hydrogen) atoms. The predicted molar refractivity (Wildman–Crippen MR) is 72.4 cm³/mol. The van der Waals surface area contributed by atoms with Crippen molar-refractivity contribution in [1.82, 2.24) is 0 Å². The van der Waals surface area contributed by atoms with Gasteiger partial charge in [-0.1, -0.05) is 31.9 Å². The fraction of sp³-hybridized carbons (Fsp3) is 0.467. The van der Waals surface area contributed by atoms with Gasteiger partial charge in [0.1, 0.15) is 5.75 Å². The summed E-state index contributed by atoms with van der Waals surface area (Å²) < 4.78 is 10.3. The molecule has 0 atom stereocenters. The van der Waals surface area contributed by atoms with Crippen molar-refractivity contribution in [1.29, 1.82) is 0 Å². The monoisotopic (exact) mass is 264 g/mol. The molecule has 0 bridgehead atoms. The third-order valence-electron chi connectivity index (χ3n) is 2.61. The Bertz CT molecular complexity index is 426. The van der Waals surface area contributed by atoms with E-state index in [4.69, 9.17) is 9.47 Å². The third kappa shape index (κ3) is 6.04. The molecule has 0 saturated heterocycles. The van der Waals surface area contributed by atoms with Crippen molar-refractivity contribution in [3.63, 3.8) is 0 Å². The van der Waals surface area contributed by atoms with E-state index in [-0.39, 0.29) is 18.4 Å². The molecule has 0 aliphatic heterocycles. The molecule has 1 aromatic rings. The number of benzene rings is 1. The van der Waals surface area contributed by atoms with Crippen LogP contribution in [0, 0.1) is 0 Å². The van der Waals surface area contributed by atoms with Crippen LogP contribution in [0.15, 0.2) is 24.3 Å². The average Bonchev–Trinajstić information content (AvgIpc) is 2.41. The molecule has 0 amide bonds. The highest BCUT2D eigenvalue weighted by Crippen LogP contribution is 2.13. The van der Waals surface area contributed by atoms with E-state index >= 15 is 0 Å². The Balaban J connectivity index is 2.33. The van der Waals surface area contributed by atoms with E-state index in [1.807, 2.05) is 0 Å². The van der Waals surface area contributed by atoms with Gasteiger partial charge in [-0.05, 0) is 25.5 Å². The number of hydrogen-bond acceptors (Lipinski definition) is 4. The molecule has 0 heterocycles. The molecule has 0 radical (unpaired) electrons. The van der Waals surface area contributed by atoms with Gasteiger partial charge < -0.3 is 9.47 Å². The summed E-state index contributed by atoms with van der Waals surface area (Å²) in [5.74, 6) is 0.0788. The van der Waals surface area contributed by atoms with Gasteiger partial charge in [-0.3, -0.25) is 4.79 Å². The minimum Gasteiger partial charge on any atom is -0.482 e. The van der Waals surface area contributed by atoms with E-state index in [1.165, 1.54) is 6.92 Å². The largest absolute Gasteiger partial charge is 0.482 e. The van der Waals surface area contributed by atoms with Crippen molar-refractivity contribution < 1.29 is 19.1 Å². The number of rotatable bonds is 8. The van der Waals surface area contributed by atoms with Crippen LogP contribution in [0.25, 0.3) is 0 Å². The molecule has 0 aromatic heterocycles. The molecular weight excluding hydrogens is 244 g/mol. The maximum Gasteiger partial charge on any atom is 0.344 e. The van der Waals surface area contributed by atoms with Crippen LogP contribution in [-0.2, 0) is 9.53 Å². The topological polar surface area (TPSA) is 52.6 Å². The first-order chi connectivity index (χ1) is 9.13. The Morgan fingerprint density at radius 1 is 1.21 bits per heavy atom. The van der Waals surface area contributed by atoms with E-state index in [2.05, 4.69) is 6.92 Å². The molecule has 1 rings (SSSR count). The number of hydrogen-bond donors (Lipinski definition) is 0. The summed E-state index contributed by atoms with van der Waals surface area (Å²) in [6.07, 6.45) is 3.02. The summed E-state index contributed by atoms with van der Waals surface area (Å²) >= 11 is 0. The first-order valence-corrected chi connectivity index (χ1v) is 6.53. The van der Waals surface area contributed by atoms with Gasteiger partial charge in [0, 0.05) is 5.56 Å². The fourth-order valence-corrected chi connectivity index (χ4v) is 1.53. The summed E-state index contributed by atoms with van der Waals surface area (Å²) in [7, 11) is 0. The lowest BCUT2D eigenvalue weighted by Crippen LogP contribution is -2.15. The Morgan fingerprint density at radius 3 is 2.68 bits per heavy atom. The summed E-state index contributed by atoms with van der Waals surface area (Å²) in [6.45, 7) is 3.88. The quantitative estimate of drug-likeness (QED) is 0.411. The zero-order valence-electron chi connectivity index (χ0n) is 11.5. The molecule has 0 fully saturated rings. The summed E-state index contributed by atoms with van der Waals surface area (Å²) in [6, 6.07) is 6.75. The van der Waals surface area contributed by atoms with Crippen molar-refractivity contribution in [2.75, 3.05) is 13.2 Å². The number of carbonyl (C=O) groups excluding carboxylic acids is 2. The Morgan fingerprint density at radius 2 is 2.00 bits per heavy atom. The fourth-order valence-electron chi connectivity index (χ4n) is 1.53. The molecule has 0 unspecified atom stereocenters.